The molecule has 0 bridgehead atoms. The first-order valence-corrected chi connectivity index (χ1v) is 6.36. The summed E-state index contributed by atoms with van der Waals surface area (Å²) < 4.78 is 5.07. The summed E-state index contributed by atoms with van der Waals surface area (Å²) in [4.78, 5) is 34.7. The van der Waals surface area contributed by atoms with Crippen molar-refractivity contribution in [3.05, 3.63) is 35.9 Å². The van der Waals surface area contributed by atoms with E-state index in [1.54, 1.807) is 6.92 Å². The highest BCUT2D eigenvalue weighted by Crippen LogP contribution is 2.05. The Kier molecular flexibility index (Phi) is 4.34. The van der Waals surface area contributed by atoms with Crippen LogP contribution >= 0.6 is 0 Å². The quantitative estimate of drug-likeness (QED) is 0.765. The van der Waals surface area contributed by atoms with Gasteiger partial charge in [-0.3, -0.25) is 14.4 Å². The summed E-state index contributed by atoms with van der Waals surface area (Å²) in [5.74, 6) is -1.19. The molecule has 0 saturated carbocycles. The second-order valence-corrected chi connectivity index (χ2v) is 4.64. The molecule has 6 heteroatoms. The smallest absolute Gasteiger partial charge is 0.308 e. The highest BCUT2D eigenvalue weighted by Gasteiger charge is 2.32. The zero-order valence-electron chi connectivity index (χ0n) is 11.1. The highest BCUT2D eigenvalue weighted by molar-refractivity contribution is 5.98. The molecule has 1 aromatic carbocycles. The standard InChI is InChI=1S/C14H16N2O4/c1-9-13(18)16-11(14(19)15-9)7-12(17)20-8-10-5-3-2-4-6-10/h2-6,9,11H,7-8H2,1H3,(H,15,19)(H,16,18)/t9-,11-/m0/s1. The SMILES string of the molecule is C[C@@H]1NC(=O)[C@H](CC(=O)OCc2ccccc2)NC1=O. The number of hydrogen-bond donors (Lipinski definition) is 2. The number of carbonyl (C=O) groups excluding carboxylic acids is 3. The summed E-state index contributed by atoms with van der Waals surface area (Å²) in [6, 6.07) is 7.81. The summed E-state index contributed by atoms with van der Waals surface area (Å²) in [5.41, 5.74) is 0.867. The van der Waals surface area contributed by atoms with Crippen LogP contribution in [0.2, 0.25) is 0 Å². The number of amides is 2. The predicted octanol–water partition coefficient (Wildman–Crippen LogP) is 0.123. The van der Waals surface area contributed by atoms with Crippen molar-refractivity contribution in [2.75, 3.05) is 0 Å². The third-order valence-electron chi connectivity index (χ3n) is 3.00. The fourth-order valence-corrected chi connectivity index (χ4v) is 1.85. The molecule has 1 aliphatic rings. The van der Waals surface area contributed by atoms with Gasteiger partial charge in [-0.15, -0.1) is 0 Å². The maximum atomic E-state index is 11.7. The first-order valence-electron chi connectivity index (χ1n) is 6.36. The summed E-state index contributed by atoms with van der Waals surface area (Å²) in [6.07, 6.45) is -0.170. The summed E-state index contributed by atoms with van der Waals surface area (Å²) in [6.45, 7) is 1.73. The summed E-state index contributed by atoms with van der Waals surface area (Å²) in [5, 5.41) is 4.99. The number of nitrogens with one attached hydrogen (secondary N) is 2. The van der Waals surface area contributed by atoms with Crippen LogP contribution in [0.15, 0.2) is 30.3 Å². The lowest BCUT2D eigenvalue weighted by Gasteiger charge is -2.26. The molecule has 2 rings (SSSR count). The normalized spacial score (nSPS) is 21.9. The van der Waals surface area contributed by atoms with E-state index in [1.165, 1.54) is 0 Å². The number of benzene rings is 1. The lowest BCUT2D eigenvalue weighted by molar-refractivity contribution is -0.148. The Labute approximate surface area is 116 Å². The Morgan fingerprint density at radius 2 is 1.85 bits per heavy atom. The van der Waals surface area contributed by atoms with E-state index in [1.807, 2.05) is 30.3 Å². The lowest BCUT2D eigenvalue weighted by Crippen LogP contribution is -2.61. The molecule has 0 aliphatic carbocycles. The van der Waals surface area contributed by atoms with E-state index < -0.39 is 18.1 Å². The molecule has 6 nitrogen and oxygen atoms in total. The largest absolute Gasteiger partial charge is 0.461 e. The Morgan fingerprint density at radius 3 is 2.55 bits per heavy atom. The van der Waals surface area contributed by atoms with Crippen LogP contribution in [-0.2, 0) is 25.7 Å². The van der Waals surface area contributed by atoms with E-state index in [0.717, 1.165) is 5.56 Å². The Balaban J connectivity index is 1.82. The van der Waals surface area contributed by atoms with Crippen molar-refractivity contribution in [1.29, 1.82) is 0 Å². The van der Waals surface area contributed by atoms with Crippen molar-refractivity contribution in [1.82, 2.24) is 10.6 Å². The average Bonchev–Trinajstić information content (AvgIpc) is 2.44. The van der Waals surface area contributed by atoms with E-state index >= 15 is 0 Å². The van der Waals surface area contributed by atoms with Crippen molar-refractivity contribution >= 4 is 17.8 Å². The van der Waals surface area contributed by atoms with Crippen molar-refractivity contribution in [2.45, 2.75) is 32.0 Å². The maximum absolute atomic E-state index is 11.7. The number of ether oxygens (including phenoxy) is 1. The Morgan fingerprint density at radius 1 is 1.15 bits per heavy atom. The molecule has 2 atom stereocenters. The molecule has 1 heterocycles. The molecule has 0 aromatic heterocycles. The molecular formula is C14H16N2O4. The van der Waals surface area contributed by atoms with Gasteiger partial charge in [0.1, 0.15) is 18.7 Å². The van der Waals surface area contributed by atoms with E-state index in [9.17, 15) is 14.4 Å². The minimum absolute atomic E-state index is 0.151. The summed E-state index contributed by atoms with van der Waals surface area (Å²) in [7, 11) is 0. The number of carbonyl (C=O) groups is 3. The fourth-order valence-electron chi connectivity index (χ4n) is 1.85. The van der Waals surface area contributed by atoms with Crippen LogP contribution < -0.4 is 10.6 Å². The van der Waals surface area contributed by atoms with Crippen LogP contribution in [0.4, 0.5) is 0 Å². The first kappa shape index (κ1) is 14.0. The minimum Gasteiger partial charge on any atom is -0.461 e. The van der Waals surface area contributed by atoms with Crippen LogP contribution in [0.25, 0.3) is 0 Å². The number of hydrogen-bond acceptors (Lipinski definition) is 4. The van der Waals surface area contributed by atoms with Gasteiger partial charge in [-0.25, -0.2) is 0 Å². The van der Waals surface area contributed by atoms with Crippen molar-refractivity contribution in [3.63, 3.8) is 0 Å². The Hall–Kier alpha value is -2.37. The van der Waals surface area contributed by atoms with Crippen molar-refractivity contribution in [2.24, 2.45) is 0 Å². The van der Waals surface area contributed by atoms with Crippen LogP contribution in [0.1, 0.15) is 18.9 Å². The predicted molar refractivity (Wildman–Crippen MR) is 70.4 cm³/mol. The minimum atomic E-state index is -0.859. The second-order valence-electron chi connectivity index (χ2n) is 4.64. The molecule has 106 valence electrons. The maximum Gasteiger partial charge on any atom is 0.308 e. The second kappa shape index (κ2) is 6.18. The fraction of sp³-hybridized carbons (Fsp3) is 0.357. The van der Waals surface area contributed by atoms with Gasteiger partial charge in [0.15, 0.2) is 0 Å². The molecule has 1 aromatic rings. The van der Waals surface area contributed by atoms with E-state index in [4.69, 9.17) is 4.74 Å². The zero-order chi connectivity index (χ0) is 14.5. The third-order valence-corrected chi connectivity index (χ3v) is 3.00. The lowest BCUT2D eigenvalue weighted by atomic mass is 10.1. The monoisotopic (exact) mass is 276 g/mol. The third kappa shape index (κ3) is 3.57. The van der Waals surface area contributed by atoms with Crippen molar-refractivity contribution in [3.8, 4) is 0 Å². The van der Waals surface area contributed by atoms with Crippen LogP contribution in [0, 0.1) is 0 Å². The van der Waals surface area contributed by atoms with Gasteiger partial charge in [0.25, 0.3) is 0 Å². The molecule has 0 radical (unpaired) electrons. The van der Waals surface area contributed by atoms with Crippen LogP contribution in [0.3, 0.4) is 0 Å². The molecule has 0 spiro atoms. The number of rotatable bonds is 4. The zero-order valence-corrected chi connectivity index (χ0v) is 11.1. The first-order chi connectivity index (χ1) is 9.56. The molecule has 1 saturated heterocycles. The van der Waals surface area contributed by atoms with Gasteiger partial charge < -0.3 is 15.4 Å². The molecule has 2 N–H and O–H groups in total. The van der Waals surface area contributed by atoms with Crippen LogP contribution in [-0.4, -0.2) is 29.9 Å². The van der Waals surface area contributed by atoms with E-state index in [0.29, 0.717) is 0 Å². The number of esters is 1. The molecule has 0 unspecified atom stereocenters. The van der Waals surface area contributed by atoms with Gasteiger partial charge >= 0.3 is 5.97 Å². The molecule has 1 aliphatic heterocycles. The molecular weight excluding hydrogens is 260 g/mol. The van der Waals surface area contributed by atoms with Gasteiger partial charge in [-0.1, -0.05) is 30.3 Å². The van der Waals surface area contributed by atoms with E-state index in [2.05, 4.69) is 10.6 Å². The van der Waals surface area contributed by atoms with Gasteiger partial charge in [-0.2, -0.15) is 0 Å². The topological polar surface area (TPSA) is 84.5 Å². The average molecular weight is 276 g/mol. The number of piperazine rings is 1. The Bertz CT molecular complexity index is 515. The highest BCUT2D eigenvalue weighted by atomic mass is 16.5. The van der Waals surface area contributed by atoms with E-state index in [-0.39, 0.29) is 24.8 Å². The van der Waals surface area contributed by atoms with Crippen LogP contribution in [0.5, 0.6) is 0 Å². The molecule has 1 fully saturated rings. The van der Waals surface area contributed by atoms with Gasteiger partial charge in [0, 0.05) is 0 Å². The van der Waals surface area contributed by atoms with Gasteiger partial charge in [0.05, 0.1) is 6.42 Å². The van der Waals surface area contributed by atoms with Crippen molar-refractivity contribution < 1.29 is 19.1 Å². The van der Waals surface area contributed by atoms with Gasteiger partial charge in [0.2, 0.25) is 11.8 Å². The van der Waals surface area contributed by atoms with Gasteiger partial charge in [-0.05, 0) is 12.5 Å². The molecule has 2 amide bonds. The summed E-state index contributed by atoms with van der Waals surface area (Å²) >= 11 is 0. The molecule has 20 heavy (non-hydrogen) atoms.